The smallest absolute Gasteiger partial charge is 0.0767 e. The predicted octanol–water partition coefficient (Wildman–Crippen LogP) is 3.24. The van der Waals surface area contributed by atoms with Crippen molar-refractivity contribution in [2.45, 2.75) is 83.8 Å². The van der Waals surface area contributed by atoms with Crippen LogP contribution in [0.5, 0.6) is 0 Å². The van der Waals surface area contributed by atoms with Gasteiger partial charge in [0.05, 0.1) is 11.7 Å². The van der Waals surface area contributed by atoms with Crippen LogP contribution in [-0.2, 0) is 4.74 Å². The van der Waals surface area contributed by atoms with Crippen LogP contribution in [0, 0.1) is 0 Å². The summed E-state index contributed by atoms with van der Waals surface area (Å²) in [7, 11) is 0. The molecule has 0 heterocycles. The van der Waals surface area contributed by atoms with E-state index in [-0.39, 0.29) is 0 Å². The minimum Gasteiger partial charge on any atom is -0.389 e. The normalized spacial score (nSPS) is 16.5. The van der Waals surface area contributed by atoms with Crippen LogP contribution < -0.4 is 5.73 Å². The van der Waals surface area contributed by atoms with Gasteiger partial charge < -0.3 is 15.6 Å². The quantitative estimate of drug-likeness (QED) is 0.529. The van der Waals surface area contributed by atoms with Crippen molar-refractivity contribution in [2.75, 3.05) is 13.2 Å². The first-order valence-electron chi connectivity index (χ1n) is 7.62. The van der Waals surface area contributed by atoms with E-state index in [1.165, 1.54) is 25.7 Å². The van der Waals surface area contributed by atoms with Crippen molar-refractivity contribution in [1.29, 1.82) is 0 Å². The van der Waals surface area contributed by atoms with Gasteiger partial charge >= 0.3 is 0 Å². The number of ether oxygens (including phenoxy) is 1. The van der Waals surface area contributed by atoms with Gasteiger partial charge in [-0.3, -0.25) is 0 Å². The zero-order chi connectivity index (χ0) is 13.9. The Hall–Kier alpha value is -0.120. The van der Waals surface area contributed by atoms with Crippen molar-refractivity contribution in [2.24, 2.45) is 5.73 Å². The highest BCUT2D eigenvalue weighted by atomic mass is 16.5. The number of nitrogens with two attached hydrogens (primary N) is 1. The van der Waals surface area contributed by atoms with Crippen molar-refractivity contribution >= 4 is 0 Å². The second-order valence-electron chi connectivity index (χ2n) is 5.42. The summed E-state index contributed by atoms with van der Waals surface area (Å²) in [4.78, 5) is 0. The van der Waals surface area contributed by atoms with Gasteiger partial charge in [0.25, 0.3) is 0 Å². The second kappa shape index (κ2) is 10.8. The molecule has 0 aromatic rings. The predicted molar refractivity (Wildman–Crippen MR) is 77.7 cm³/mol. The molecule has 3 N–H and O–H groups in total. The lowest BCUT2D eigenvalue weighted by atomic mass is 9.95. The lowest BCUT2D eigenvalue weighted by molar-refractivity contribution is 0.0107. The molecule has 3 heteroatoms. The molecule has 3 nitrogen and oxygen atoms in total. The van der Waals surface area contributed by atoms with Crippen molar-refractivity contribution in [3.8, 4) is 0 Å². The summed E-state index contributed by atoms with van der Waals surface area (Å²) in [5.74, 6) is 0. The van der Waals surface area contributed by atoms with Crippen LogP contribution in [0.4, 0.5) is 0 Å². The molecule has 0 aliphatic heterocycles. The van der Waals surface area contributed by atoms with Gasteiger partial charge in [-0.05, 0) is 32.6 Å². The number of aliphatic hydroxyl groups is 1. The van der Waals surface area contributed by atoms with Crippen molar-refractivity contribution in [3.63, 3.8) is 0 Å². The topological polar surface area (TPSA) is 55.5 Å². The summed E-state index contributed by atoms with van der Waals surface area (Å²) in [5, 5.41) is 10.0. The Morgan fingerprint density at radius 2 is 1.89 bits per heavy atom. The minimum atomic E-state index is -0.687. The monoisotopic (exact) mass is 259 g/mol. The zero-order valence-electron chi connectivity index (χ0n) is 12.6. The van der Waals surface area contributed by atoms with Crippen LogP contribution in [0.15, 0.2) is 0 Å². The molecule has 0 saturated heterocycles. The van der Waals surface area contributed by atoms with E-state index in [0.29, 0.717) is 12.6 Å². The van der Waals surface area contributed by atoms with E-state index in [0.717, 1.165) is 32.3 Å². The average Bonchev–Trinajstić information content (AvgIpc) is 2.39. The average molecular weight is 259 g/mol. The van der Waals surface area contributed by atoms with E-state index < -0.39 is 5.60 Å². The van der Waals surface area contributed by atoms with Crippen molar-refractivity contribution < 1.29 is 9.84 Å². The van der Waals surface area contributed by atoms with Gasteiger partial charge in [-0.25, -0.2) is 0 Å². The highest BCUT2D eigenvalue weighted by Crippen LogP contribution is 2.16. The highest BCUT2D eigenvalue weighted by Gasteiger charge is 2.21. The van der Waals surface area contributed by atoms with Gasteiger partial charge in [0.1, 0.15) is 0 Å². The Balaban J connectivity index is 3.47. The Morgan fingerprint density at radius 1 is 1.17 bits per heavy atom. The third-order valence-corrected chi connectivity index (χ3v) is 3.69. The molecular formula is C15H33NO2. The molecule has 2 unspecified atom stereocenters. The fraction of sp³-hybridized carbons (Fsp3) is 1.00. The molecule has 0 aliphatic rings. The SMILES string of the molecule is CCCCCCC(C)OCCCC(O)(CC)CN. The van der Waals surface area contributed by atoms with Gasteiger partial charge in [-0.15, -0.1) is 0 Å². The molecule has 0 saturated carbocycles. The molecule has 0 bridgehead atoms. The van der Waals surface area contributed by atoms with Crippen molar-refractivity contribution in [1.82, 2.24) is 0 Å². The van der Waals surface area contributed by atoms with Crippen LogP contribution in [0.25, 0.3) is 0 Å². The highest BCUT2D eigenvalue weighted by molar-refractivity contribution is 4.77. The molecule has 18 heavy (non-hydrogen) atoms. The lowest BCUT2D eigenvalue weighted by Gasteiger charge is -2.25. The first-order chi connectivity index (χ1) is 8.58. The third-order valence-electron chi connectivity index (χ3n) is 3.69. The Kier molecular flexibility index (Phi) is 10.7. The first kappa shape index (κ1) is 17.9. The summed E-state index contributed by atoms with van der Waals surface area (Å²) < 4.78 is 5.75. The van der Waals surface area contributed by atoms with Crippen LogP contribution in [0.1, 0.15) is 72.1 Å². The maximum atomic E-state index is 10.0. The van der Waals surface area contributed by atoms with Crippen LogP contribution in [0.3, 0.4) is 0 Å². The van der Waals surface area contributed by atoms with E-state index >= 15 is 0 Å². The standard InChI is InChI=1S/C15H33NO2/c1-4-6-7-8-10-14(3)18-12-9-11-15(17,5-2)13-16/h14,17H,4-13,16H2,1-3H3. The van der Waals surface area contributed by atoms with E-state index in [1.54, 1.807) is 0 Å². The Bertz CT molecular complexity index is 181. The van der Waals surface area contributed by atoms with Gasteiger partial charge in [-0.2, -0.15) is 0 Å². The Morgan fingerprint density at radius 3 is 2.44 bits per heavy atom. The number of hydrogen-bond donors (Lipinski definition) is 2. The summed E-state index contributed by atoms with van der Waals surface area (Å²) in [6, 6.07) is 0. The number of hydrogen-bond acceptors (Lipinski definition) is 3. The fourth-order valence-electron chi connectivity index (χ4n) is 2.05. The third kappa shape index (κ3) is 8.90. The number of rotatable bonds is 12. The zero-order valence-corrected chi connectivity index (χ0v) is 12.6. The van der Waals surface area contributed by atoms with E-state index in [2.05, 4.69) is 13.8 Å². The van der Waals surface area contributed by atoms with E-state index in [1.807, 2.05) is 6.92 Å². The molecular weight excluding hydrogens is 226 g/mol. The summed E-state index contributed by atoms with van der Waals surface area (Å²) in [6.07, 6.45) is 9.02. The molecule has 0 amide bonds. The summed E-state index contributed by atoms with van der Waals surface area (Å²) in [6.45, 7) is 7.42. The Labute approximate surface area is 113 Å². The first-order valence-corrected chi connectivity index (χ1v) is 7.62. The molecule has 0 aromatic carbocycles. The molecule has 110 valence electrons. The molecule has 0 aliphatic carbocycles. The van der Waals surface area contributed by atoms with Crippen molar-refractivity contribution in [3.05, 3.63) is 0 Å². The fourth-order valence-corrected chi connectivity index (χ4v) is 2.05. The minimum absolute atomic E-state index is 0.342. The molecule has 0 fully saturated rings. The van der Waals surface area contributed by atoms with Crippen LogP contribution in [-0.4, -0.2) is 30.0 Å². The maximum absolute atomic E-state index is 10.0. The van der Waals surface area contributed by atoms with Gasteiger partial charge in [0.2, 0.25) is 0 Å². The molecule has 0 radical (unpaired) electrons. The summed E-state index contributed by atoms with van der Waals surface area (Å²) in [5.41, 5.74) is 4.88. The molecule has 0 rings (SSSR count). The maximum Gasteiger partial charge on any atom is 0.0767 e. The van der Waals surface area contributed by atoms with Crippen LogP contribution >= 0.6 is 0 Å². The summed E-state index contributed by atoms with van der Waals surface area (Å²) >= 11 is 0. The molecule has 0 spiro atoms. The van der Waals surface area contributed by atoms with Crippen LogP contribution in [0.2, 0.25) is 0 Å². The molecule has 0 aromatic heterocycles. The molecule has 2 atom stereocenters. The van der Waals surface area contributed by atoms with Gasteiger partial charge in [0.15, 0.2) is 0 Å². The second-order valence-corrected chi connectivity index (χ2v) is 5.42. The van der Waals surface area contributed by atoms with E-state index in [4.69, 9.17) is 10.5 Å². The number of unbranched alkanes of at least 4 members (excludes halogenated alkanes) is 3. The van der Waals surface area contributed by atoms with E-state index in [9.17, 15) is 5.11 Å². The lowest BCUT2D eigenvalue weighted by Crippen LogP contribution is -2.37. The van der Waals surface area contributed by atoms with Gasteiger partial charge in [-0.1, -0.05) is 39.5 Å². The largest absolute Gasteiger partial charge is 0.389 e. The van der Waals surface area contributed by atoms with Gasteiger partial charge in [0, 0.05) is 13.2 Å².